The Morgan fingerprint density at radius 1 is 1.41 bits per heavy atom. The highest BCUT2D eigenvalue weighted by Crippen LogP contribution is 2.26. The molecule has 86 valence electrons. The van der Waals surface area contributed by atoms with Crippen LogP contribution in [-0.2, 0) is 0 Å². The number of hydrogen-bond donors (Lipinski definition) is 2. The van der Waals surface area contributed by atoms with Crippen molar-refractivity contribution in [1.82, 2.24) is 14.9 Å². The molecule has 0 saturated carbocycles. The minimum absolute atomic E-state index is 0.358. The Bertz CT molecular complexity index is 752. The van der Waals surface area contributed by atoms with E-state index in [0.717, 1.165) is 11.0 Å². The van der Waals surface area contributed by atoms with Crippen LogP contribution in [0.5, 0.6) is 0 Å². The van der Waals surface area contributed by atoms with Crippen molar-refractivity contribution in [3.8, 4) is 11.6 Å². The molecule has 3 rings (SSSR count). The summed E-state index contributed by atoms with van der Waals surface area (Å²) in [5.74, 6) is 6.83. The third-order valence-corrected chi connectivity index (χ3v) is 2.88. The zero-order valence-corrected chi connectivity index (χ0v) is 9.91. The molecule has 0 unspecified atom stereocenters. The number of H-pyrrole nitrogens is 1. The molecule has 0 amide bonds. The van der Waals surface area contributed by atoms with Gasteiger partial charge in [0.1, 0.15) is 5.58 Å². The number of aryl methyl sites for hydroxylation is 1. The van der Waals surface area contributed by atoms with Crippen molar-refractivity contribution < 1.29 is 4.42 Å². The van der Waals surface area contributed by atoms with E-state index in [0.29, 0.717) is 16.4 Å². The summed E-state index contributed by atoms with van der Waals surface area (Å²) < 4.78 is 7.32. The van der Waals surface area contributed by atoms with Crippen molar-refractivity contribution in [1.29, 1.82) is 0 Å². The van der Waals surface area contributed by atoms with Crippen LogP contribution in [0, 0.1) is 11.7 Å². The Morgan fingerprint density at radius 2 is 2.24 bits per heavy atom. The second-order valence-electron chi connectivity index (χ2n) is 3.87. The second-order valence-corrected chi connectivity index (χ2v) is 4.26. The molecule has 0 aliphatic heterocycles. The van der Waals surface area contributed by atoms with Crippen LogP contribution < -0.4 is 5.84 Å². The minimum atomic E-state index is 0.358. The van der Waals surface area contributed by atoms with E-state index in [-0.39, 0.29) is 0 Å². The third kappa shape index (κ3) is 1.53. The molecule has 3 N–H and O–H groups in total. The fourth-order valence-corrected chi connectivity index (χ4v) is 1.88. The van der Waals surface area contributed by atoms with E-state index in [4.69, 9.17) is 22.5 Å². The van der Waals surface area contributed by atoms with Gasteiger partial charge in [-0.2, -0.15) is 0 Å². The van der Waals surface area contributed by atoms with Crippen LogP contribution in [0.3, 0.4) is 0 Å². The first-order valence-corrected chi connectivity index (χ1v) is 5.49. The zero-order chi connectivity index (χ0) is 12.0. The number of benzene rings is 1. The molecule has 0 saturated heterocycles. The number of fused-ring (bicyclic) bond motifs is 1. The Labute approximate surface area is 102 Å². The van der Waals surface area contributed by atoms with Crippen LogP contribution in [0.1, 0.15) is 5.56 Å². The number of nitrogens with one attached hydrogen (secondary N) is 1. The SMILES string of the molecule is Cc1ccc2oc(-c3n[nH]c(=S)n3N)cc2c1. The molecule has 0 spiro atoms. The lowest BCUT2D eigenvalue weighted by Crippen LogP contribution is -2.09. The summed E-state index contributed by atoms with van der Waals surface area (Å²) in [6, 6.07) is 7.87. The summed E-state index contributed by atoms with van der Waals surface area (Å²) in [5.41, 5.74) is 1.98. The molecule has 0 atom stereocenters. The minimum Gasteiger partial charge on any atom is -0.453 e. The Morgan fingerprint density at radius 3 is 2.94 bits per heavy atom. The van der Waals surface area contributed by atoms with Gasteiger partial charge in [-0.3, -0.25) is 0 Å². The van der Waals surface area contributed by atoms with Crippen molar-refractivity contribution in [3.63, 3.8) is 0 Å². The Kier molecular flexibility index (Phi) is 2.05. The van der Waals surface area contributed by atoms with Gasteiger partial charge in [-0.25, -0.2) is 9.77 Å². The summed E-state index contributed by atoms with van der Waals surface area (Å²) in [6.45, 7) is 2.03. The molecule has 1 aromatic carbocycles. The first-order valence-electron chi connectivity index (χ1n) is 5.08. The van der Waals surface area contributed by atoms with Gasteiger partial charge in [0, 0.05) is 5.39 Å². The summed E-state index contributed by atoms with van der Waals surface area (Å²) >= 11 is 4.95. The van der Waals surface area contributed by atoms with Crippen molar-refractivity contribution in [2.75, 3.05) is 5.84 Å². The average molecular weight is 246 g/mol. The predicted molar refractivity (Wildman–Crippen MR) is 67.5 cm³/mol. The lowest BCUT2D eigenvalue weighted by Gasteiger charge is -1.93. The number of rotatable bonds is 1. The topological polar surface area (TPSA) is 72.8 Å². The molecule has 0 aliphatic rings. The summed E-state index contributed by atoms with van der Waals surface area (Å²) in [6.07, 6.45) is 0. The highest BCUT2D eigenvalue weighted by atomic mass is 32.1. The molecule has 3 aromatic rings. The highest BCUT2D eigenvalue weighted by Gasteiger charge is 2.12. The fourth-order valence-electron chi connectivity index (χ4n) is 1.75. The molecule has 0 radical (unpaired) electrons. The number of nitrogen functional groups attached to an aromatic ring is 1. The van der Waals surface area contributed by atoms with E-state index in [1.807, 2.05) is 31.2 Å². The van der Waals surface area contributed by atoms with Crippen LogP contribution in [-0.4, -0.2) is 14.9 Å². The number of nitrogens with two attached hydrogens (primary N) is 1. The molecule has 5 nitrogen and oxygen atoms in total. The molecule has 17 heavy (non-hydrogen) atoms. The number of furan rings is 1. The summed E-state index contributed by atoms with van der Waals surface area (Å²) in [4.78, 5) is 0. The van der Waals surface area contributed by atoms with E-state index >= 15 is 0 Å². The van der Waals surface area contributed by atoms with Crippen LogP contribution in [0.25, 0.3) is 22.6 Å². The van der Waals surface area contributed by atoms with Crippen LogP contribution in [0.4, 0.5) is 0 Å². The quantitative estimate of drug-likeness (QED) is 0.510. The monoisotopic (exact) mass is 246 g/mol. The molecule has 2 aromatic heterocycles. The average Bonchev–Trinajstić information content (AvgIpc) is 2.83. The number of nitrogens with zero attached hydrogens (tertiary/aromatic N) is 2. The number of aromatic nitrogens is 3. The van der Waals surface area contributed by atoms with Crippen LogP contribution in [0.2, 0.25) is 0 Å². The van der Waals surface area contributed by atoms with E-state index in [1.54, 1.807) is 0 Å². The molecule has 6 heteroatoms. The summed E-state index contributed by atoms with van der Waals surface area (Å²) in [7, 11) is 0. The van der Waals surface area contributed by atoms with Crippen molar-refractivity contribution in [2.45, 2.75) is 6.92 Å². The molecular weight excluding hydrogens is 236 g/mol. The smallest absolute Gasteiger partial charge is 0.216 e. The van der Waals surface area contributed by atoms with Crippen molar-refractivity contribution >= 4 is 23.2 Å². The normalized spacial score (nSPS) is 11.1. The van der Waals surface area contributed by atoms with Gasteiger partial charge in [0.15, 0.2) is 5.76 Å². The molecule has 2 heterocycles. The van der Waals surface area contributed by atoms with Gasteiger partial charge in [-0.15, -0.1) is 5.10 Å². The summed E-state index contributed by atoms with van der Waals surface area (Å²) in [5, 5.41) is 7.67. The van der Waals surface area contributed by atoms with Gasteiger partial charge in [-0.1, -0.05) is 11.6 Å². The van der Waals surface area contributed by atoms with Crippen molar-refractivity contribution in [3.05, 3.63) is 34.6 Å². The van der Waals surface area contributed by atoms with Gasteiger partial charge in [0.25, 0.3) is 0 Å². The van der Waals surface area contributed by atoms with Crippen LogP contribution >= 0.6 is 12.2 Å². The molecule has 0 bridgehead atoms. The maximum absolute atomic E-state index is 5.75. The zero-order valence-electron chi connectivity index (χ0n) is 9.10. The first-order chi connectivity index (χ1) is 8.15. The second kappa shape index (κ2) is 3.46. The van der Waals surface area contributed by atoms with E-state index < -0.39 is 0 Å². The van der Waals surface area contributed by atoms with E-state index in [1.165, 1.54) is 10.2 Å². The number of aromatic amines is 1. The Hall–Kier alpha value is -2.08. The maximum atomic E-state index is 5.75. The largest absolute Gasteiger partial charge is 0.453 e. The van der Waals surface area contributed by atoms with Gasteiger partial charge in [0.2, 0.25) is 10.6 Å². The molecule has 0 fully saturated rings. The number of hydrogen-bond acceptors (Lipinski definition) is 4. The fraction of sp³-hybridized carbons (Fsp3) is 0.0909. The van der Waals surface area contributed by atoms with Gasteiger partial charge < -0.3 is 10.3 Å². The predicted octanol–water partition coefficient (Wildman–Crippen LogP) is 2.38. The van der Waals surface area contributed by atoms with Gasteiger partial charge >= 0.3 is 0 Å². The molecule has 0 aliphatic carbocycles. The third-order valence-electron chi connectivity index (χ3n) is 2.60. The highest BCUT2D eigenvalue weighted by molar-refractivity contribution is 7.71. The van der Waals surface area contributed by atoms with E-state index in [9.17, 15) is 0 Å². The van der Waals surface area contributed by atoms with Gasteiger partial charge in [-0.05, 0) is 37.3 Å². The van der Waals surface area contributed by atoms with Gasteiger partial charge in [0.05, 0.1) is 0 Å². The Balaban J connectivity index is 2.25. The van der Waals surface area contributed by atoms with Crippen LogP contribution in [0.15, 0.2) is 28.7 Å². The van der Waals surface area contributed by atoms with E-state index in [2.05, 4.69) is 10.2 Å². The lowest BCUT2D eigenvalue weighted by molar-refractivity contribution is 0.622. The molecular formula is C11H10N4OS. The van der Waals surface area contributed by atoms with Crippen molar-refractivity contribution in [2.24, 2.45) is 0 Å². The maximum Gasteiger partial charge on any atom is 0.216 e. The lowest BCUT2D eigenvalue weighted by atomic mass is 10.2. The standard InChI is InChI=1S/C11H10N4OS/c1-6-2-3-8-7(4-6)5-9(16-8)10-13-14-11(17)15(10)12/h2-5H,12H2,1H3,(H,14,17). The first kappa shape index (κ1) is 10.1.